The molecule has 1 aliphatic carbocycles. The lowest BCUT2D eigenvalue weighted by atomic mass is 9.76. The molecule has 3 rings (SSSR count). The molecule has 1 aliphatic rings. The maximum absolute atomic E-state index is 12.5. The van der Waals surface area contributed by atoms with Crippen LogP contribution in [0.5, 0.6) is 0 Å². The average Bonchev–Trinajstić information content (AvgIpc) is 2.91. The Morgan fingerprint density at radius 1 is 1.48 bits per heavy atom. The predicted octanol–water partition coefficient (Wildman–Crippen LogP) is 3.07. The Kier molecular flexibility index (Phi) is 3.72. The molecule has 1 fully saturated rings. The van der Waals surface area contributed by atoms with Crippen LogP contribution in [0.2, 0.25) is 0 Å². The largest absolute Gasteiger partial charge is 0.451 e. The van der Waals surface area contributed by atoms with Crippen LogP contribution < -0.4 is 11.1 Å². The van der Waals surface area contributed by atoms with E-state index in [2.05, 4.69) is 12.2 Å². The molecule has 1 saturated carbocycles. The molecule has 2 atom stereocenters. The minimum atomic E-state index is -0.284. The van der Waals surface area contributed by atoms with Crippen LogP contribution in [0.3, 0.4) is 0 Å². The summed E-state index contributed by atoms with van der Waals surface area (Å²) in [6, 6.07) is 9.44. The van der Waals surface area contributed by atoms with E-state index in [-0.39, 0.29) is 11.4 Å². The number of carbonyl (C=O) groups excluding carboxylic acids is 1. The molecule has 0 saturated heterocycles. The summed E-state index contributed by atoms with van der Waals surface area (Å²) in [6.45, 7) is 2.69. The van der Waals surface area contributed by atoms with Crippen molar-refractivity contribution < 1.29 is 9.21 Å². The van der Waals surface area contributed by atoms with Crippen molar-refractivity contribution in [2.45, 2.75) is 38.1 Å². The Hall–Kier alpha value is -1.81. The fourth-order valence-electron chi connectivity index (χ4n) is 3.41. The highest BCUT2D eigenvalue weighted by Crippen LogP contribution is 2.32. The molecule has 112 valence electrons. The zero-order chi connectivity index (χ0) is 14.9. The Morgan fingerprint density at radius 3 is 3.00 bits per heavy atom. The van der Waals surface area contributed by atoms with Gasteiger partial charge in [0.15, 0.2) is 5.76 Å². The number of rotatable bonds is 3. The lowest BCUT2D eigenvalue weighted by Crippen LogP contribution is -2.55. The minimum Gasteiger partial charge on any atom is -0.451 e. The number of hydrogen-bond acceptors (Lipinski definition) is 3. The van der Waals surface area contributed by atoms with E-state index in [0.717, 1.165) is 30.2 Å². The number of carbonyl (C=O) groups is 1. The normalized spacial score (nSPS) is 25.9. The number of nitrogens with one attached hydrogen (secondary N) is 1. The van der Waals surface area contributed by atoms with Gasteiger partial charge in [0.25, 0.3) is 5.91 Å². The summed E-state index contributed by atoms with van der Waals surface area (Å²) in [6.07, 6.45) is 4.20. The summed E-state index contributed by atoms with van der Waals surface area (Å²) in [4.78, 5) is 12.5. The first-order chi connectivity index (χ1) is 10.1. The third-order valence-corrected chi connectivity index (χ3v) is 4.51. The molecule has 0 bridgehead atoms. The SMILES string of the molecule is CC1CCCC(CN)(NC(=O)c2cc3ccccc3o2)C1. The van der Waals surface area contributed by atoms with Crippen LogP contribution in [0, 0.1) is 5.92 Å². The standard InChI is InChI=1S/C17H22N2O2/c1-12-5-4-8-17(10-12,11-18)19-16(20)15-9-13-6-2-3-7-14(13)21-15/h2-3,6-7,9,12H,4-5,8,10-11,18H2,1H3,(H,19,20). The van der Waals surface area contributed by atoms with Gasteiger partial charge in [-0.3, -0.25) is 4.79 Å². The van der Waals surface area contributed by atoms with Crippen molar-refractivity contribution in [1.82, 2.24) is 5.32 Å². The van der Waals surface area contributed by atoms with E-state index < -0.39 is 0 Å². The molecule has 21 heavy (non-hydrogen) atoms. The first-order valence-corrected chi connectivity index (χ1v) is 7.63. The van der Waals surface area contributed by atoms with Crippen LogP contribution in [0.25, 0.3) is 11.0 Å². The second-order valence-electron chi connectivity index (χ2n) is 6.29. The lowest BCUT2D eigenvalue weighted by molar-refractivity contribution is 0.0827. The van der Waals surface area contributed by atoms with Crippen LogP contribution in [-0.2, 0) is 0 Å². The van der Waals surface area contributed by atoms with E-state index in [1.54, 1.807) is 6.07 Å². The number of amides is 1. The predicted molar refractivity (Wildman–Crippen MR) is 83.1 cm³/mol. The molecule has 2 unspecified atom stereocenters. The Morgan fingerprint density at radius 2 is 2.29 bits per heavy atom. The molecular formula is C17H22N2O2. The number of hydrogen-bond donors (Lipinski definition) is 2. The number of furan rings is 1. The summed E-state index contributed by atoms with van der Waals surface area (Å²) < 4.78 is 5.63. The molecule has 4 nitrogen and oxygen atoms in total. The van der Waals surface area contributed by atoms with Crippen LogP contribution >= 0.6 is 0 Å². The van der Waals surface area contributed by atoms with Crippen LogP contribution in [-0.4, -0.2) is 18.0 Å². The number of nitrogens with two attached hydrogens (primary N) is 1. The highest BCUT2D eigenvalue weighted by molar-refractivity contribution is 5.96. The van der Waals surface area contributed by atoms with Gasteiger partial charge in [0.1, 0.15) is 5.58 Å². The molecule has 0 radical (unpaired) electrons. The van der Waals surface area contributed by atoms with Crippen molar-refractivity contribution >= 4 is 16.9 Å². The Balaban J connectivity index is 1.81. The smallest absolute Gasteiger partial charge is 0.287 e. The second-order valence-corrected chi connectivity index (χ2v) is 6.29. The van der Waals surface area contributed by atoms with Crippen molar-refractivity contribution in [3.05, 3.63) is 36.1 Å². The zero-order valence-corrected chi connectivity index (χ0v) is 12.4. The van der Waals surface area contributed by atoms with Gasteiger partial charge in [-0.05, 0) is 30.9 Å². The molecule has 1 aromatic carbocycles. The highest BCUT2D eigenvalue weighted by atomic mass is 16.3. The molecule has 1 aromatic heterocycles. The first-order valence-electron chi connectivity index (χ1n) is 7.63. The van der Waals surface area contributed by atoms with Crippen molar-refractivity contribution in [1.29, 1.82) is 0 Å². The third-order valence-electron chi connectivity index (χ3n) is 4.51. The Labute approximate surface area is 124 Å². The third kappa shape index (κ3) is 2.81. The molecule has 0 spiro atoms. The van der Waals surface area contributed by atoms with Gasteiger partial charge in [-0.15, -0.1) is 0 Å². The maximum atomic E-state index is 12.5. The number of benzene rings is 1. The molecule has 3 N–H and O–H groups in total. The monoisotopic (exact) mass is 286 g/mol. The van der Waals surface area contributed by atoms with Crippen molar-refractivity contribution in [2.24, 2.45) is 11.7 Å². The fourth-order valence-corrected chi connectivity index (χ4v) is 3.41. The van der Waals surface area contributed by atoms with Gasteiger partial charge in [0.2, 0.25) is 0 Å². The first kappa shape index (κ1) is 14.1. The van der Waals surface area contributed by atoms with Crippen molar-refractivity contribution in [2.75, 3.05) is 6.54 Å². The van der Waals surface area contributed by atoms with Gasteiger partial charge in [0, 0.05) is 11.9 Å². The van der Waals surface area contributed by atoms with E-state index in [9.17, 15) is 4.79 Å². The highest BCUT2D eigenvalue weighted by Gasteiger charge is 2.35. The van der Waals surface area contributed by atoms with E-state index >= 15 is 0 Å². The average molecular weight is 286 g/mol. The quantitative estimate of drug-likeness (QED) is 0.911. The van der Waals surface area contributed by atoms with Gasteiger partial charge in [-0.25, -0.2) is 0 Å². The topological polar surface area (TPSA) is 68.3 Å². The summed E-state index contributed by atoms with van der Waals surface area (Å²) in [5, 5.41) is 4.08. The maximum Gasteiger partial charge on any atom is 0.287 e. The summed E-state index contributed by atoms with van der Waals surface area (Å²) in [5.41, 5.74) is 6.41. The van der Waals surface area contributed by atoms with Gasteiger partial charge in [-0.2, -0.15) is 0 Å². The van der Waals surface area contributed by atoms with Crippen LogP contribution in [0.4, 0.5) is 0 Å². The second kappa shape index (κ2) is 5.53. The number of fused-ring (bicyclic) bond motifs is 1. The lowest BCUT2D eigenvalue weighted by Gasteiger charge is -2.39. The summed E-state index contributed by atoms with van der Waals surface area (Å²) in [5.74, 6) is 0.797. The van der Waals surface area contributed by atoms with Gasteiger partial charge in [0.05, 0.1) is 5.54 Å². The molecule has 1 heterocycles. The van der Waals surface area contributed by atoms with Gasteiger partial charge in [-0.1, -0.05) is 38.0 Å². The van der Waals surface area contributed by atoms with Crippen molar-refractivity contribution in [3.8, 4) is 0 Å². The zero-order valence-electron chi connectivity index (χ0n) is 12.4. The minimum absolute atomic E-state index is 0.161. The van der Waals surface area contributed by atoms with E-state index in [0.29, 0.717) is 18.2 Å². The Bertz CT molecular complexity index is 616. The van der Waals surface area contributed by atoms with Crippen LogP contribution in [0.1, 0.15) is 43.2 Å². The van der Waals surface area contributed by atoms with Gasteiger partial charge >= 0.3 is 0 Å². The van der Waals surface area contributed by atoms with Crippen molar-refractivity contribution in [3.63, 3.8) is 0 Å². The summed E-state index contributed by atoms with van der Waals surface area (Å²) in [7, 11) is 0. The summed E-state index contributed by atoms with van der Waals surface area (Å²) >= 11 is 0. The van der Waals surface area contributed by atoms with E-state index in [1.165, 1.54) is 6.42 Å². The van der Waals surface area contributed by atoms with E-state index in [1.807, 2.05) is 24.3 Å². The molecule has 0 aliphatic heterocycles. The molecule has 2 aromatic rings. The number of para-hydroxylation sites is 1. The van der Waals surface area contributed by atoms with Crippen LogP contribution in [0.15, 0.2) is 34.7 Å². The fraction of sp³-hybridized carbons (Fsp3) is 0.471. The molecule has 4 heteroatoms. The molecular weight excluding hydrogens is 264 g/mol. The van der Waals surface area contributed by atoms with Gasteiger partial charge < -0.3 is 15.5 Å². The van der Waals surface area contributed by atoms with E-state index in [4.69, 9.17) is 10.2 Å². The molecule has 1 amide bonds.